The summed E-state index contributed by atoms with van der Waals surface area (Å²) in [7, 11) is 0. The molecule has 0 aliphatic carbocycles. The van der Waals surface area contributed by atoms with Gasteiger partial charge in [-0.15, -0.1) is 11.8 Å². The third-order valence-electron chi connectivity index (χ3n) is 1.63. The molecule has 2 N–H and O–H groups in total. The first-order valence-corrected chi connectivity index (χ1v) is 5.58. The van der Waals surface area contributed by atoms with Crippen LogP contribution in [0.5, 0.6) is 0 Å². The normalized spacial score (nSPS) is 10.9. The molecular weight excluding hydrogens is 252 g/mol. The highest BCUT2D eigenvalue weighted by atomic mass is 79.9. The lowest BCUT2D eigenvalue weighted by Gasteiger charge is -2.01. The Morgan fingerprint density at radius 1 is 1.62 bits per heavy atom. The van der Waals surface area contributed by atoms with Crippen molar-refractivity contribution in [3.05, 3.63) is 16.7 Å². The van der Waals surface area contributed by atoms with E-state index in [9.17, 15) is 0 Å². The second kappa shape index (κ2) is 3.19. The average Bonchev–Trinajstić information content (AvgIpc) is 2.47. The molecule has 2 aromatic rings. The van der Waals surface area contributed by atoms with E-state index in [0.29, 0.717) is 5.82 Å². The monoisotopic (exact) mass is 258 g/mol. The minimum atomic E-state index is 0.512. The van der Waals surface area contributed by atoms with Crippen LogP contribution in [-0.4, -0.2) is 20.9 Å². The summed E-state index contributed by atoms with van der Waals surface area (Å²) < 4.78 is 2.61. The number of nitrogens with zero attached hydrogens (tertiary/aromatic N) is 3. The van der Waals surface area contributed by atoms with E-state index < -0.39 is 0 Å². The standard InChI is InChI=1S/C7H7BrN4S/c1-13-6-2-5(9)11-7-4(8)3-10-12(6)7/h2-3H,1H3,(H2,9,11). The molecule has 0 bridgehead atoms. The molecule has 68 valence electrons. The first-order chi connectivity index (χ1) is 6.22. The molecule has 2 rings (SSSR count). The number of hydrogen-bond donors (Lipinski definition) is 1. The van der Waals surface area contributed by atoms with Crippen LogP contribution < -0.4 is 5.73 Å². The van der Waals surface area contributed by atoms with Crippen LogP contribution >= 0.6 is 27.7 Å². The van der Waals surface area contributed by atoms with Gasteiger partial charge in [0.1, 0.15) is 10.8 Å². The van der Waals surface area contributed by atoms with Gasteiger partial charge in [-0.25, -0.2) is 9.50 Å². The molecule has 0 fully saturated rings. The Labute approximate surface area is 87.7 Å². The van der Waals surface area contributed by atoms with Crippen LogP contribution in [0.25, 0.3) is 5.65 Å². The second-order valence-corrected chi connectivity index (χ2v) is 4.13. The molecule has 0 saturated heterocycles. The molecule has 0 unspecified atom stereocenters. The highest BCUT2D eigenvalue weighted by Gasteiger charge is 2.07. The van der Waals surface area contributed by atoms with E-state index in [-0.39, 0.29) is 0 Å². The Morgan fingerprint density at radius 3 is 3.08 bits per heavy atom. The Kier molecular flexibility index (Phi) is 2.17. The van der Waals surface area contributed by atoms with Crippen molar-refractivity contribution in [1.82, 2.24) is 14.6 Å². The van der Waals surface area contributed by atoms with Gasteiger partial charge >= 0.3 is 0 Å². The first kappa shape index (κ1) is 8.83. The van der Waals surface area contributed by atoms with E-state index in [1.165, 1.54) is 0 Å². The zero-order valence-corrected chi connectivity index (χ0v) is 9.26. The van der Waals surface area contributed by atoms with Crippen LogP contribution in [0.1, 0.15) is 0 Å². The lowest BCUT2D eigenvalue weighted by Crippen LogP contribution is -1.98. The van der Waals surface area contributed by atoms with Gasteiger partial charge in [-0.2, -0.15) is 5.10 Å². The number of fused-ring (bicyclic) bond motifs is 1. The maximum atomic E-state index is 5.64. The van der Waals surface area contributed by atoms with E-state index in [0.717, 1.165) is 15.1 Å². The molecule has 2 aromatic heterocycles. The number of hydrogen-bond acceptors (Lipinski definition) is 4. The molecule has 0 aliphatic rings. The van der Waals surface area contributed by atoms with Crippen LogP contribution in [-0.2, 0) is 0 Å². The summed E-state index contributed by atoms with van der Waals surface area (Å²) in [5.41, 5.74) is 6.40. The molecule has 0 radical (unpaired) electrons. The number of rotatable bonds is 1. The van der Waals surface area contributed by atoms with Crippen LogP contribution in [0.15, 0.2) is 21.8 Å². The topological polar surface area (TPSA) is 56.2 Å². The Hall–Kier alpha value is -0.750. The fraction of sp³-hybridized carbons (Fsp3) is 0.143. The fourth-order valence-electron chi connectivity index (χ4n) is 1.07. The van der Waals surface area contributed by atoms with Gasteiger partial charge in [0.15, 0.2) is 5.65 Å². The van der Waals surface area contributed by atoms with Gasteiger partial charge < -0.3 is 5.73 Å². The predicted octanol–water partition coefficient (Wildman–Crippen LogP) is 1.80. The van der Waals surface area contributed by atoms with E-state index in [4.69, 9.17) is 5.73 Å². The molecule has 0 aliphatic heterocycles. The zero-order valence-electron chi connectivity index (χ0n) is 6.86. The number of halogens is 1. The van der Waals surface area contributed by atoms with Gasteiger partial charge in [0, 0.05) is 6.07 Å². The Balaban J connectivity index is 2.84. The summed E-state index contributed by atoms with van der Waals surface area (Å²) in [5, 5.41) is 5.14. The minimum absolute atomic E-state index is 0.512. The molecule has 0 saturated carbocycles. The molecule has 6 heteroatoms. The molecule has 4 nitrogen and oxygen atoms in total. The average molecular weight is 259 g/mol. The van der Waals surface area contributed by atoms with Gasteiger partial charge in [-0.05, 0) is 22.2 Å². The summed E-state index contributed by atoms with van der Waals surface area (Å²) in [5.74, 6) is 0.512. The molecule has 0 amide bonds. The largest absolute Gasteiger partial charge is 0.384 e. The number of aromatic nitrogens is 3. The third-order valence-corrected chi connectivity index (χ3v) is 2.89. The van der Waals surface area contributed by atoms with Crippen LogP contribution in [0.3, 0.4) is 0 Å². The van der Waals surface area contributed by atoms with Crippen molar-refractivity contribution >= 4 is 39.2 Å². The molecule has 13 heavy (non-hydrogen) atoms. The molecular formula is C7H7BrN4S. The van der Waals surface area contributed by atoms with Crippen LogP contribution in [0.4, 0.5) is 5.82 Å². The molecule has 0 aromatic carbocycles. The summed E-state index contributed by atoms with van der Waals surface area (Å²) in [6.07, 6.45) is 3.69. The maximum absolute atomic E-state index is 5.64. The number of nitrogen functional groups attached to an aromatic ring is 1. The van der Waals surface area contributed by atoms with E-state index in [1.807, 2.05) is 6.26 Å². The maximum Gasteiger partial charge on any atom is 0.172 e. The van der Waals surface area contributed by atoms with Crippen LogP contribution in [0.2, 0.25) is 0 Å². The zero-order chi connectivity index (χ0) is 9.42. The number of thioether (sulfide) groups is 1. The third kappa shape index (κ3) is 1.40. The van der Waals surface area contributed by atoms with Gasteiger partial charge in [0.2, 0.25) is 0 Å². The van der Waals surface area contributed by atoms with Crippen molar-refractivity contribution in [2.45, 2.75) is 5.03 Å². The van der Waals surface area contributed by atoms with Crippen molar-refractivity contribution in [1.29, 1.82) is 0 Å². The van der Waals surface area contributed by atoms with Crippen molar-refractivity contribution in [2.24, 2.45) is 0 Å². The molecule has 0 atom stereocenters. The van der Waals surface area contributed by atoms with E-state index in [1.54, 1.807) is 28.5 Å². The molecule has 0 spiro atoms. The number of anilines is 1. The van der Waals surface area contributed by atoms with Crippen molar-refractivity contribution < 1.29 is 0 Å². The predicted molar refractivity (Wildman–Crippen MR) is 56.9 cm³/mol. The van der Waals surface area contributed by atoms with E-state index in [2.05, 4.69) is 26.0 Å². The van der Waals surface area contributed by atoms with Gasteiger partial charge in [0.25, 0.3) is 0 Å². The van der Waals surface area contributed by atoms with Crippen molar-refractivity contribution in [3.63, 3.8) is 0 Å². The van der Waals surface area contributed by atoms with Crippen molar-refractivity contribution in [3.8, 4) is 0 Å². The molecule has 2 heterocycles. The quantitative estimate of drug-likeness (QED) is 0.626. The van der Waals surface area contributed by atoms with Crippen molar-refractivity contribution in [2.75, 3.05) is 12.0 Å². The fourth-order valence-corrected chi connectivity index (χ4v) is 1.96. The SMILES string of the molecule is CSc1cc(N)nc2c(Br)cnn12. The van der Waals surface area contributed by atoms with Gasteiger partial charge in [0.05, 0.1) is 10.7 Å². The highest BCUT2D eigenvalue weighted by Crippen LogP contribution is 2.22. The second-order valence-electron chi connectivity index (χ2n) is 2.45. The summed E-state index contributed by atoms with van der Waals surface area (Å²) in [4.78, 5) is 4.16. The summed E-state index contributed by atoms with van der Waals surface area (Å²) in [6, 6.07) is 1.80. The van der Waals surface area contributed by atoms with Crippen LogP contribution in [0, 0.1) is 0 Å². The van der Waals surface area contributed by atoms with Gasteiger partial charge in [-0.1, -0.05) is 0 Å². The Morgan fingerprint density at radius 2 is 2.38 bits per heavy atom. The lowest BCUT2D eigenvalue weighted by molar-refractivity contribution is 0.847. The first-order valence-electron chi connectivity index (χ1n) is 3.56. The smallest absolute Gasteiger partial charge is 0.172 e. The number of nitrogens with two attached hydrogens (primary N) is 1. The highest BCUT2D eigenvalue weighted by molar-refractivity contribution is 9.10. The Bertz CT molecular complexity index is 453. The minimum Gasteiger partial charge on any atom is -0.384 e. The summed E-state index contributed by atoms with van der Waals surface area (Å²) >= 11 is 4.94. The summed E-state index contributed by atoms with van der Waals surface area (Å²) in [6.45, 7) is 0. The lowest BCUT2D eigenvalue weighted by atomic mass is 10.5. The van der Waals surface area contributed by atoms with E-state index >= 15 is 0 Å². The van der Waals surface area contributed by atoms with Gasteiger partial charge in [-0.3, -0.25) is 0 Å².